The van der Waals surface area contributed by atoms with Crippen LogP contribution < -0.4 is 16.8 Å². The normalized spacial score (nSPS) is 10.1. The Morgan fingerprint density at radius 3 is 2.53 bits per heavy atom. The van der Waals surface area contributed by atoms with Crippen LogP contribution in [-0.2, 0) is 0 Å². The number of anilines is 1. The van der Waals surface area contributed by atoms with E-state index in [0.717, 1.165) is 9.75 Å². The van der Waals surface area contributed by atoms with Crippen molar-refractivity contribution in [2.45, 2.75) is 0 Å². The lowest BCUT2D eigenvalue weighted by Crippen LogP contribution is -2.21. The van der Waals surface area contributed by atoms with Crippen LogP contribution in [0.2, 0.25) is 0 Å². The summed E-state index contributed by atoms with van der Waals surface area (Å²) in [6.07, 6.45) is 0. The number of nitrogens with two attached hydrogens (primary N) is 2. The molecule has 0 aliphatic heterocycles. The number of nitrogens with one attached hydrogen (secondary N) is 1. The molecule has 0 aliphatic rings. The van der Waals surface area contributed by atoms with E-state index >= 15 is 0 Å². The summed E-state index contributed by atoms with van der Waals surface area (Å²) < 4.78 is 0. The Labute approximate surface area is 105 Å². The molecule has 2 heterocycles. The van der Waals surface area contributed by atoms with Gasteiger partial charge >= 0.3 is 6.03 Å². The lowest BCUT2D eigenvalue weighted by molar-refractivity contribution is 0.100. The smallest absolute Gasteiger partial charge is 0.316 e. The highest BCUT2D eigenvalue weighted by Gasteiger charge is 2.16. The Balaban J connectivity index is 2.44. The molecule has 0 saturated carbocycles. The molecular weight excluding hydrogens is 258 g/mol. The molecule has 5 nitrogen and oxygen atoms in total. The van der Waals surface area contributed by atoms with Gasteiger partial charge in [-0.1, -0.05) is 6.07 Å². The van der Waals surface area contributed by atoms with Crippen LogP contribution in [0.25, 0.3) is 9.75 Å². The number of primary amides is 2. The summed E-state index contributed by atoms with van der Waals surface area (Å²) in [6, 6.07) is 4.81. The first-order valence-corrected chi connectivity index (χ1v) is 6.31. The number of urea groups is 1. The van der Waals surface area contributed by atoms with Gasteiger partial charge in [-0.25, -0.2) is 4.79 Å². The first-order chi connectivity index (χ1) is 8.08. The summed E-state index contributed by atoms with van der Waals surface area (Å²) in [6.45, 7) is 0. The van der Waals surface area contributed by atoms with Crippen LogP contribution in [-0.4, -0.2) is 11.9 Å². The van der Waals surface area contributed by atoms with Gasteiger partial charge in [0.05, 0.1) is 5.69 Å². The molecule has 0 saturated heterocycles. The van der Waals surface area contributed by atoms with E-state index in [-0.39, 0.29) is 0 Å². The Bertz CT molecular complexity index is 560. The Hall–Kier alpha value is -1.86. The van der Waals surface area contributed by atoms with Gasteiger partial charge < -0.3 is 16.8 Å². The highest BCUT2D eigenvalue weighted by atomic mass is 32.1. The van der Waals surface area contributed by atoms with Gasteiger partial charge in [-0.3, -0.25) is 4.79 Å². The van der Waals surface area contributed by atoms with Crippen LogP contribution in [0, 0.1) is 0 Å². The minimum atomic E-state index is -0.719. The van der Waals surface area contributed by atoms with E-state index in [9.17, 15) is 9.59 Å². The maximum Gasteiger partial charge on any atom is 0.316 e. The molecule has 2 aromatic heterocycles. The molecule has 3 amide bonds. The zero-order valence-corrected chi connectivity index (χ0v) is 10.2. The number of amides is 3. The maximum atomic E-state index is 11.2. The fourth-order valence-corrected chi connectivity index (χ4v) is 3.13. The molecule has 0 aliphatic carbocycles. The van der Waals surface area contributed by atoms with Crippen molar-refractivity contribution in [3.05, 3.63) is 28.5 Å². The molecule has 17 heavy (non-hydrogen) atoms. The number of carbonyl (C=O) groups excluding carboxylic acids is 2. The first kappa shape index (κ1) is 11.6. The van der Waals surface area contributed by atoms with Gasteiger partial charge in [-0.2, -0.15) is 0 Å². The quantitative estimate of drug-likeness (QED) is 0.793. The average molecular weight is 267 g/mol. The van der Waals surface area contributed by atoms with Gasteiger partial charge in [-0.15, -0.1) is 22.7 Å². The van der Waals surface area contributed by atoms with Gasteiger partial charge in [0, 0.05) is 9.75 Å². The second-order valence-electron chi connectivity index (χ2n) is 3.18. The third-order valence-electron chi connectivity index (χ3n) is 1.98. The second kappa shape index (κ2) is 4.56. The van der Waals surface area contributed by atoms with Crippen molar-refractivity contribution in [1.29, 1.82) is 0 Å². The number of carbonyl (C=O) groups is 2. The first-order valence-electron chi connectivity index (χ1n) is 4.62. The topological polar surface area (TPSA) is 98.2 Å². The van der Waals surface area contributed by atoms with Crippen LogP contribution in [0.1, 0.15) is 9.67 Å². The van der Waals surface area contributed by atoms with Crippen molar-refractivity contribution in [2.75, 3.05) is 5.32 Å². The van der Waals surface area contributed by atoms with E-state index in [1.165, 1.54) is 11.3 Å². The van der Waals surface area contributed by atoms with E-state index in [1.807, 2.05) is 17.5 Å². The second-order valence-corrected chi connectivity index (χ2v) is 5.18. The van der Waals surface area contributed by atoms with E-state index in [1.54, 1.807) is 17.4 Å². The number of hydrogen-bond donors (Lipinski definition) is 3. The van der Waals surface area contributed by atoms with Gasteiger partial charge in [0.15, 0.2) is 0 Å². The van der Waals surface area contributed by atoms with Crippen LogP contribution in [0.5, 0.6) is 0 Å². The molecule has 2 rings (SSSR count). The number of rotatable bonds is 3. The maximum absolute atomic E-state index is 11.2. The molecule has 0 unspecified atom stereocenters. The molecule has 2 aromatic rings. The average Bonchev–Trinajstić information content (AvgIpc) is 2.82. The number of thiophene rings is 2. The Morgan fingerprint density at radius 1 is 1.24 bits per heavy atom. The van der Waals surface area contributed by atoms with Crippen LogP contribution in [0.3, 0.4) is 0 Å². The third-order valence-corrected chi connectivity index (χ3v) is 4.19. The SMILES string of the molecule is NC(=O)Nc1cc(-c2cccs2)sc1C(N)=O. The largest absolute Gasteiger partial charge is 0.365 e. The Morgan fingerprint density at radius 2 is 2.00 bits per heavy atom. The highest BCUT2D eigenvalue weighted by molar-refractivity contribution is 7.22. The molecule has 0 aromatic carbocycles. The van der Waals surface area contributed by atoms with Crippen molar-refractivity contribution in [1.82, 2.24) is 0 Å². The van der Waals surface area contributed by atoms with Crippen molar-refractivity contribution in [2.24, 2.45) is 11.5 Å². The van der Waals surface area contributed by atoms with E-state index < -0.39 is 11.9 Å². The van der Waals surface area contributed by atoms with Crippen LogP contribution >= 0.6 is 22.7 Å². The molecule has 88 valence electrons. The lowest BCUT2D eigenvalue weighted by Gasteiger charge is -1.98. The molecule has 0 bridgehead atoms. The molecule has 0 radical (unpaired) electrons. The standard InChI is InChI=1S/C10H9N3O2S2/c11-9(14)8-5(13-10(12)15)4-7(17-8)6-2-1-3-16-6/h1-4H,(H2,11,14)(H3,12,13,15). The van der Waals surface area contributed by atoms with Gasteiger partial charge in [-0.05, 0) is 17.5 Å². The molecule has 7 heteroatoms. The fourth-order valence-electron chi connectivity index (χ4n) is 1.34. The summed E-state index contributed by atoms with van der Waals surface area (Å²) in [4.78, 5) is 24.2. The summed E-state index contributed by atoms with van der Waals surface area (Å²) in [5.74, 6) is -0.582. The minimum absolute atomic E-state index is 0.298. The predicted molar refractivity (Wildman–Crippen MR) is 69.4 cm³/mol. The number of hydrogen-bond acceptors (Lipinski definition) is 4. The van der Waals surface area contributed by atoms with Crippen LogP contribution in [0.15, 0.2) is 23.6 Å². The summed E-state index contributed by atoms with van der Waals surface area (Å²) in [7, 11) is 0. The molecule has 0 fully saturated rings. The monoisotopic (exact) mass is 267 g/mol. The van der Waals surface area contributed by atoms with E-state index in [2.05, 4.69) is 5.32 Å². The summed E-state index contributed by atoms with van der Waals surface area (Å²) >= 11 is 2.78. The van der Waals surface area contributed by atoms with Gasteiger partial charge in [0.25, 0.3) is 5.91 Å². The Kier molecular flexibility index (Phi) is 3.12. The predicted octanol–water partition coefficient (Wildman–Crippen LogP) is 2.07. The zero-order chi connectivity index (χ0) is 12.4. The fraction of sp³-hybridized carbons (Fsp3) is 0. The van der Waals surface area contributed by atoms with Crippen molar-refractivity contribution in [3.63, 3.8) is 0 Å². The summed E-state index contributed by atoms with van der Waals surface area (Å²) in [5, 5.41) is 4.32. The molecular formula is C10H9N3O2S2. The van der Waals surface area contributed by atoms with Crippen molar-refractivity contribution in [3.8, 4) is 9.75 Å². The lowest BCUT2D eigenvalue weighted by atomic mass is 10.3. The highest BCUT2D eigenvalue weighted by Crippen LogP contribution is 2.36. The molecule has 0 spiro atoms. The molecule has 5 N–H and O–H groups in total. The van der Waals surface area contributed by atoms with E-state index in [0.29, 0.717) is 10.6 Å². The molecule has 0 atom stereocenters. The van der Waals surface area contributed by atoms with Crippen molar-refractivity contribution >= 4 is 40.3 Å². The summed E-state index contributed by atoms with van der Waals surface area (Å²) in [5.41, 5.74) is 10.6. The van der Waals surface area contributed by atoms with E-state index in [4.69, 9.17) is 11.5 Å². The van der Waals surface area contributed by atoms with Crippen molar-refractivity contribution < 1.29 is 9.59 Å². The zero-order valence-electron chi connectivity index (χ0n) is 8.60. The third kappa shape index (κ3) is 2.45. The van der Waals surface area contributed by atoms with Crippen LogP contribution in [0.4, 0.5) is 10.5 Å². The van der Waals surface area contributed by atoms with Gasteiger partial charge in [0.2, 0.25) is 0 Å². The van der Waals surface area contributed by atoms with Gasteiger partial charge in [0.1, 0.15) is 4.88 Å². The minimum Gasteiger partial charge on any atom is -0.365 e.